The molecule has 0 unspecified atom stereocenters. The molecule has 1 aliphatic heterocycles. The first kappa shape index (κ1) is 14.4. The van der Waals surface area contributed by atoms with Crippen molar-refractivity contribution >= 4 is 11.8 Å². The maximum Gasteiger partial charge on any atom is 0.433 e. The molecule has 2 rings (SSSR count). The summed E-state index contributed by atoms with van der Waals surface area (Å²) in [6, 6.07) is 0. The van der Waals surface area contributed by atoms with Crippen molar-refractivity contribution in [2.75, 3.05) is 26.2 Å². The molecule has 6 nitrogen and oxygen atoms in total. The molecular weight excluding hydrogens is 277 g/mol. The number of rotatable bonds is 1. The van der Waals surface area contributed by atoms with Gasteiger partial charge in [-0.1, -0.05) is 0 Å². The fourth-order valence-corrected chi connectivity index (χ4v) is 2.06. The minimum absolute atomic E-state index is 0.114. The van der Waals surface area contributed by atoms with Gasteiger partial charge >= 0.3 is 6.18 Å². The molecule has 0 aromatic carbocycles. The second kappa shape index (κ2) is 5.14. The number of aromatic amines is 1. The van der Waals surface area contributed by atoms with Crippen molar-refractivity contribution < 1.29 is 22.8 Å². The van der Waals surface area contributed by atoms with Crippen molar-refractivity contribution in [3.05, 3.63) is 17.5 Å². The van der Waals surface area contributed by atoms with E-state index in [9.17, 15) is 22.8 Å². The Labute approximate surface area is 112 Å². The second-order valence-electron chi connectivity index (χ2n) is 4.45. The number of nitrogens with one attached hydrogen (secondary N) is 1. The average molecular weight is 290 g/mol. The van der Waals surface area contributed by atoms with Gasteiger partial charge in [-0.15, -0.1) is 0 Å². The van der Waals surface area contributed by atoms with Gasteiger partial charge in [-0.2, -0.15) is 18.3 Å². The van der Waals surface area contributed by atoms with E-state index in [1.165, 1.54) is 11.8 Å². The lowest BCUT2D eigenvalue weighted by Gasteiger charge is -2.34. The van der Waals surface area contributed by atoms with E-state index in [1.54, 1.807) is 10.00 Å². The molecule has 110 valence electrons. The fourth-order valence-electron chi connectivity index (χ4n) is 2.06. The summed E-state index contributed by atoms with van der Waals surface area (Å²) >= 11 is 0. The number of hydrogen-bond donors (Lipinski definition) is 1. The molecule has 0 spiro atoms. The minimum atomic E-state index is -4.65. The lowest BCUT2D eigenvalue weighted by atomic mass is 10.2. The summed E-state index contributed by atoms with van der Waals surface area (Å²) < 4.78 is 38.0. The van der Waals surface area contributed by atoms with Gasteiger partial charge in [0.25, 0.3) is 5.91 Å². The molecule has 0 aliphatic carbocycles. The highest BCUT2D eigenvalue weighted by Gasteiger charge is 2.39. The Bertz CT molecular complexity index is 518. The van der Waals surface area contributed by atoms with Crippen LogP contribution < -0.4 is 0 Å². The average Bonchev–Trinajstić information content (AvgIpc) is 2.87. The van der Waals surface area contributed by atoms with Gasteiger partial charge in [0, 0.05) is 33.1 Å². The van der Waals surface area contributed by atoms with E-state index in [2.05, 4.69) is 5.10 Å². The number of amides is 2. The molecule has 1 aromatic heterocycles. The minimum Gasteiger partial charge on any atom is -0.339 e. The van der Waals surface area contributed by atoms with Gasteiger partial charge in [0.15, 0.2) is 5.69 Å². The number of H-pyrrole nitrogens is 1. The molecule has 2 amide bonds. The normalized spacial score (nSPS) is 16.4. The van der Waals surface area contributed by atoms with E-state index in [0.717, 1.165) is 6.20 Å². The summed E-state index contributed by atoms with van der Waals surface area (Å²) in [5.41, 5.74) is -1.63. The highest BCUT2D eigenvalue weighted by molar-refractivity contribution is 5.95. The lowest BCUT2D eigenvalue weighted by Crippen LogP contribution is -2.50. The third-order valence-corrected chi connectivity index (χ3v) is 3.17. The van der Waals surface area contributed by atoms with Crippen molar-refractivity contribution in [3.63, 3.8) is 0 Å². The van der Waals surface area contributed by atoms with Crippen LogP contribution in [0.5, 0.6) is 0 Å². The largest absolute Gasteiger partial charge is 0.433 e. The zero-order valence-corrected chi connectivity index (χ0v) is 10.7. The molecule has 9 heteroatoms. The van der Waals surface area contributed by atoms with Crippen molar-refractivity contribution in [1.29, 1.82) is 0 Å². The SMILES string of the molecule is CC(=O)N1CCN(C(=O)c2cn[nH]c2C(F)(F)F)CC1. The molecule has 1 fully saturated rings. The van der Waals surface area contributed by atoms with Crippen LogP contribution in [-0.2, 0) is 11.0 Å². The van der Waals surface area contributed by atoms with Gasteiger partial charge in [-0.3, -0.25) is 14.7 Å². The van der Waals surface area contributed by atoms with Crippen LogP contribution in [0.1, 0.15) is 23.0 Å². The Hall–Kier alpha value is -2.06. The van der Waals surface area contributed by atoms with Crippen molar-refractivity contribution in [2.45, 2.75) is 13.1 Å². The molecule has 20 heavy (non-hydrogen) atoms. The van der Waals surface area contributed by atoms with Crippen LogP contribution in [0, 0.1) is 0 Å². The first-order valence-electron chi connectivity index (χ1n) is 5.96. The zero-order chi connectivity index (χ0) is 14.9. The topological polar surface area (TPSA) is 69.3 Å². The number of carbonyl (C=O) groups is 2. The number of hydrogen-bond acceptors (Lipinski definition) is 3. The Kier molecular flexibility index (Phi) is 3.69. The van der Waals surface area contributed by atoms with E-state index >= 15 is 0 Å². The predicted molar refractivity (Wildman–Crippen MR) is 61.7 cm³/mol. The first-order chi connectivity index (χ1) is 9.30. The highest BCUT2D eigenvalue weighted by Crippen LogP contribution is 2.30. The van der Waals surface area contributed by atoms with Crippen LogP contribution in [0.2, 0.25) is 0 Å². The van der Waals surface area contributed by atoms with Gasteiger partial charge in [0.1, 0.15) is 0 Å². The van der Waals surface area contributed by atoms with Gasteiger partial charge in [0.2, 0.25) is 5.91 Å². The predicted octanol–water partition coefficient (Wildman–Crippen LogP) is 0.733. The number of piperazine rings is 1. The first-order valence-corrected chi connectivity index (χ1v) is 5.96. The summed E-state index contributed by atoms with van der Waals surface area (Å²) in [6.07, 6.45) is -3.77. The number of nitrogens with zero attached hydrogens (tertiary/aromatic N) is 3. The van der Waals surface area contributed by atoms with Crippen LogP contribution >= 0.6 is 0 Å². The molecule has 0 radical (unpaired) electrons. The Morgan fingerprint density at radius 2 is 1.75 bits per heavy atom. The number of halogens is 3. The van der Waals surface area contributed by atoms with E-state index in [1.807, 2.05) is 0 Å². The number of carbonyl (C=O) groups excluding carboxylic acids is 2. The molecule has 0 saturated carbocycles. The maximum atomic E-state index is 12.7. The van der Waals surface area contributed by atoms with Crippen LogP contribution in [0.15, 0.2) is 6.20 Å². The number of alkyl halides is 3. The van der Waals surface area contributed by atoms with Gasteiger partial charge in [-0.25, -0.2) is 0 Å². The fraction of sp³-hybridized carbons (Fsp3) is 0.545. The third kappa shape index (κ3) is 2.75. The van der Waals surface area contributed by atoms with Crippen LogP contribution in [0.4, 0.5) is 13.2 Å². The van der Waals surface area contributed by atoms with Crippen molar-refractivity contribution in [3.8, 4) is 0 Å². The van der Waals surface area contributed by atoms with E-state index in [0.29, 0.717) is 13.1 Å². The summed E-state index contributed by atoms with van der Waals surface area (Å²) in [5.74, 6) is -0.842. The molecule has 1 N–H and O–H groups in total. The Morgan fingerprint density at radius 1 is 1.20 bits per heavy atom. The summed E-state index contributed by atoms with van der Waals surface area (Å²) in [4.78, 5) is 26.1. The molecule has 1 saturated heterocycles. The quantitative estimate of drug-likeness (QED) is 0.829. The van der Waals surface area contributed by atoms with E-state index in [4.69, 9.17) is 0 Å². The molecule has 0 bridgehead atoms. The highest BCUT2D eigenvalue weighted by atomic mass is 19.4. The zero-order valence-electron chi connectivity index (χ0n) is 10.7. The molecule has 1 aromatic rings. The monoisotopic (exact) mass is 290 g/mol. The smallest absolute Gasteiger partial charge is 0.339 e. The van der Waals surface area contributed by atoms with Gasteiger partial charge in [-0.05, 0) is 0 Å². The Morgan fingerprint density at radius 3 is 2.25 bits per heavy atom. The van der Waals surface area contributed by atoms with Crippen LogP contribution in [0.3, 0.4) is 0 Å². The summed E-state index contributed by atoms with van der Waals surface area (Å²) in [6.45, 7) is 2.47. The maximum absolute atomic E-state index is 12.7. The standard InChI is InChI=1S/C11H13F3N4O2/c1-7(19)17-2-4-18(5-3-17)10(20)8-6-15-16-9(8)11(12,13)14/h6H,2-5H2,1H3,(H,15,16). The Balaban J connectivity index is 2.10. The van der Waals surface area contributed by atoms with Crippen molar-refractivity contribution in [1.82, 2.24) is 20.0 Å². The van der Waals surface area contributed by atoms with E-state index in [-0.39, 0.29) is 19.0 Å². The van der Waals surface area contributed by atoms with Gasteiger partial charge in [0.05, 0.1) is 11.8 Å². The molecule has 0 atom stereocenters. The number of aromatic nitrogens is 2. The molecular formula is C11H13F3N4O2. The van der Waals surface area contributed by atoms with E-state index < -0.39 is 23.3 Å². The summed E-state index contributed by atoms with van der Waals surface area (Å²) in [7, 11) is 0. The molecule has 2 heterocycles. The van der Waals surface area contributed by atoms with Crippen molar-refractivity contribution in [2.24, 2.45) is 0 Å². The third-order valence-electron chi connectivity index (χ3n) is 3.17. The molecule has 1 aliphatic rings. The second-order valence-corrected chi connectivity index (χ2v) is 4.45. The lowest BCUT2D eigenvalue weighted by molar-refractivity contribution is -0.141. The van der Waals surface area contributed by atoms with Crippen LogP contribution in [0.25, 0.3) is 0 Å². The summed E-state index contributed by atoms with van der Waals surface area (Å²) in [5, 5.41) is 5.10. The van der Waals surface area contributed by atoms with Crippen LogP contribution in [-0.4, -0.2) is 58.0 Å². The van der Waals surface area contributed by atoms with Gasteiger partial charge < -0.3 is 9.80 Å².